The normalized spacial score (nSPS) is 28.4. The van der Waals surface area contributed by atoms with Crippen molar-refractivity contribution in [2.24, 2.45) is 13.0 Å². The fraction of sp³-hybridized carbons (Fsp3) is 0.571. The molecule has 2 aliphatic carbocycles. The van der Waals surface area contributed by atoms with Crippen LogP contribution in [0.2, 0.25) is 0 Å². The van der Waals surface area contributed by atoms with Gasteiger partial charge in [0.15, 0.2) is 0 Å². The number of aryl methyl sites for hydroxylation is 2. The highest BCUT2D eigenvalue weighted by Gasteiger charge is 2.57. The number of fused-ring (bicyclic) bond motifs is 2. The lowest BCUT2D eigenvalue weighted by atomic mass is 9.94. The summed E-state index contributed by atoms with van der Waals surface area (Å²) in [4.78, 5) is 0. The van der Waals surface area contributed by atoms with E-state index in [4.69, 9.17) is 4.74 Å². The summed E-state index contributed by atoms with van der Waals surface area (Å²) in [7, 11) is 1.98. The summed E-state index contributed by atoms with van der Waals surface area (Å²) in [5.74, 6) is 0.800. The van der Waals surface area contributed by atoms with Crippen molar-refractivity contribution >= 4 is 0 Å². The van der Waals surface area contributed by atoms with Gasteiger partial charge in [0, 0.05) is 43.5 Å². The second-order valence-electron chi connectivity index (χ2n) is 8.15. The molecule has 2 heterocycles. The topological polar surface area (TPSA) is 39.1 Å². The van der Waals surface area contributed by atoms with Gasteiger partial charge in [-0.25, -0.2) is 0 Å². The Morgan fingerprint density at radius 3 is 2.96 bits per heavy atom. The third-order valence-electron chi connectivity index (χ3n) is 6.59. The van der Waals surface area contributed by atoms with Gasteiger partial charge in [0.25, 0.3) is 0 Å². The lowest BCUT2D eigenvalue weighted by Crippen LogP contribution is -2.32. The van der Waals surface area contributed by atoms with E-state index in [9.17, 15) is 0 Å². The highest BCUT2D eigenvalue weighted by molar-refractivity contribution is 5.66. The van der Waals surface area contributed by atoms with Crippen LogP contribution in [0, 0.1) is 5.92 Å². The Labute approximate surface area is 149 Å². The Hall–Kier alpha value is -1.65. The first kappa shape index (κ1) is 15.6. The van der Waals surface area contributed by atoms with Gasteiger partial charge in [0.2, 0.25) is 0 Å². The molecule has 3 aliphatic rings. The van der Waals surface area contributed by atoms with Gasteiger partial charge in [0.05, 0.1) is 6.20 Å². The number of ether oxygens (including phenoxy) is 1. The summed E-state index contributed by atoms with van der Waals surface area (Å²) in [6.07, 6.45) is 10.4. The fourth-order valence-corrected chi connectivity index (χ4v) is 4.91. The number of benzene rings is 1. The molecular weight excluding hydrogens is 310 g/mol. The summed E-state index contributed by atoms with van der Waals surface area (Å²) in [5.41, 5.74) is 6.09. The van der Waals surface area contributed by atoms with Crippen LogP contribution in [0.15, 0.2) is 30.6 Å². The first-order valence-electron chi connectivity index (χ1n) is 9.68. The molecule has 2 aromatic rings. The standard InChI is InChI=1S/C21H27N3O/c1-24-14-18(13-23-24)17-3-2-16-4-7-21(19(16)10-17)11-20(21)22-12-15-5-8-25-9-6-15/h2-3,10,13-15,20,22H,4-9,11-12H2,1H3. The molecule has 0 bridgehead atoms. The minimum atomic E-state index is 0.402. The number of aromatic nitrogens is 2. The maximum Gasteiger partial charge on any atom is 0.0568 e. The molecule has 25 heavy (non-hydrogen) atoms. The Morgan fingerprint density at radius 2 is 2.16 bits per heavy atom. The van der Waals surface area contributed by atoms with E-state index in [0.29, 0.717) is 11.5 Å². The summed E-state index contributed by atoms with van der Waals surface area (Å²) in [6, 6.07) is 7.72. The van der Waals surface area contributed by atoms with Crippen molar-refractivity contribution in [1.82, 2.24) is 15.1 Å². The van der Waals surface area contributed by atoms with Crippen LogP contribution in [0.4, 0.5) is 0 Å². The third kappa shape index (κ3) is 2.72. The van der Waals surface area contributed by atoms with Crippen molar-refractivity contribution in [2.45, 2.75) is 43.6 Å². The molecular formula is C21H27N3O. The Morgan fingerprint density at radius 1 is 1.28 bits per heavy atom. The van der Waals surface area contributed by atoms with E-state index < -0.39 is 0 Å². The molecule has 2 unspecified atom stereocenters. The number of nitrogens with zero attached hydrogens (tertiary/aromatic N) is 2. The molecule has 1 saturated heterocycles. The second kappa shape index (κ2) is 5.96. The van der Waals surface area contributed by atoms with Crippen molar-refractivity contribution in [2.75, 3.05) is 19.8 Å². The zero-order valence-electron chi connectivity index (χ0n) is 15.0. The van der Waals surface area contributed by atoms with Gasteiger partial charge in [-0.1, -0.05) is 18.2 Å². The predicted molar refractivity (Wildman–Crippen MR) is 98.6 cm³/mol. The van der Waals surface area contributed by atoms with E-state index in [-0.39, 0.29) is 0 Å². The van der Waals surface area contributed by atoms with Crippen LogP contribution in [0.3, 0.4) is 0 Å². The monoisotopic (exact) mass is 337 g/mol. The van der Waals surface area contributed by atoms with Crippen molar-refractivity contribution < 1.29 is 4.74 Å². The molecule has 1 aromatic heterocycles. The van der Waals surface area contributed by atoms with Crippen LogP contribution in [0.25, 0.3) is 11.1 Å². The number of hydrogen-bond donors (Lipinski definition) is 1. The number of hydrogen-bond acceptors (Lipinski definition) is 3. The number of nitrogens with one attached hydrogen (secondary N) is 1. The summed E-state index contributed by atoms with van der Waals surface area (Å²) in [5, 5.41) is 8.22. The third-order valence-corrected chi connectivity index (χ3v) is 6.59. The molecule has 0 amide bonds. The maximum atomic E-state index is 5.48. The minimum absolute atomic E-state index is 0.402. The largest absolute Gasteiger partial charge is 0.381 e. The lowest BCUT2D eigenvalue weighted by Gasteiger charge is -2.23. The van der Waals surface area contributed by atoms with Gasteiger partial charge >= 0.3 is 0 Å². The van der Waals surface area contributed by atoms with Crippen LogP contribution >= 0.6 is 0 Å². The van der Waals surface area contributed by atoms with E-state index in [1.54, 1.807) is 11.1 Å². The van der Waals surface area contributed by atoms with Crippen LogP contribution in [0.5, 0.6) is 0 Å². The van der Waals surface area contributed by atoms with Crippen molar-refractivity contribution in [3.63, 3.8) is 0 Å². The van der Waals surface area contributed by atoms with E-state index in [1.807, 2.05) is 17.9 Å². The maximum absolute atomic E-state index is 5.48. The first-order valence-corrected chi connectivity index (χ1v) is 9.68. The number of rotatable bonds is 4. The molecule has 1 spiro atoms. The first-order chi connectivity index (χ1) is 12.2. The van der Waals surface area contributed by atoms with Gasteiger partial charge < -0.3 is 10.1 Å². The molecule has 1 aromatic carbocycles. The quantitative estimate of drug-likeness (QED) is 0.932. The van der Waals surface area contributed by atoms with Crippen molar-refractivity contribution in [3.05, 3.63) is 41.7 Å². The van der Waals surface area contributed by atoms with E-state index in [2.05, 4.69) is 34.8 Å². The molecule has 4 heteroatoms. The Kier molecular flexibility index (Phi) is 3.72. The van der Waals surface area contributed by atoms with E-state index in [1.165, 1.54) is 43.2 Å². The molecule has 1 aliphatic heterocycles. The Balaban J connectivity index is 1.33. The smallest absolute Gasteiger partial charge is 0.0568 e. The molecule has 1 N–H and O–H groups in total. The van der Waals surface area contributed by atoms with Crippen molar-refractivity contribution in [3.8, 4) is 11.1 Å². The highest BCUT2D eigenvalue weighted by Crippen LogP contribution is 2.57. The Bertz CT molecular complexity index is 777. The summed E-state index contributed by atoms with van der Waals surface area (Å²) < 4.78 is 7.37. The average molecular weight is 337 g/mol. The zero-order chi connectivity index (χ0) is 16.9. The molecule has 2 atom stereocenters. The predicted octanol–water partition coefficient (Wildman–Crippen LogP) is 3.06. The van der Waals surface area contributed by atoms with Gasteiger partial charge in [0.1, 0.15) is 0 Å². The van der Waals surface area contributed by atoms with Gasteiger partial charge in [-0.3, -0.25) is 4.68 Å². The van der Waals surface area contributed by atoms with Crippen molar-refractivity contribution in [1.29, 1.82) is 0 Å². The summed E-state index contributed by atoms with van der Waals surface area (Å²) in [6.45, 7) is 3.05. The second-order valence-corrected chi connectivity index (χ2v) is 8.15. The minimum Gasteiger partial charge on any atom is -0.381 e. The van der Waals surface area contributed by atoms with Crippen LogP contribution in [-0.4, -0.2) is 35.6 Å². The van der Waals surface area contributed by atoms with E-state index >= 15 is 0 Å². The molecule has 5 rings (SSSR count). The summed E-state index contributed by atoms with van der Waals surface area (Å²) >= 11 is 0. The van der Waals surface area contributed by atoms with Gasteiger partial charge in [-0.15, -0.1) is 0 Å². The van der Waals surface area contributed by atoms with Crippen LogP contribution < -0.4 is 5.32 Å². The lowest BCUT2D eigenvalue weighted by molar-refractivity contribution is 0.0660. The average Bonchev–Trinajstić information content (AvgIpc) is 2.97. The molecule has 1 saturated carbocycles. The van der Waals surface area contributed by atoms with Crippen LogP contribution in [0.1, 0.15) is 36.8 Å². The molecule has 0 radical (unpaired) electrons. The van der Waals surface area contributed by atoms with Gasteiger partial charge in [-0.2, -0.15) is 5.10 Å². The van der Waals surface area contributed by atoms with E-state index in [0.717, 1.165) is 25.7 Å². The zero-order valence-corrected chi connectivity index (χ0v) is 15.0. The van der Waals surface area contributed by atoms with Crippen LogP contribution in [-0.2, 0) is 23.6 Å². The highest BCUT2D eigenvalue weighted by atomic mass is 16.5. The SMILES string of the molecule is Cn1cc(-c2ccc3c(c2)C2(CC3)CC2NCC2CCOCC2)cn1. The molecule has 132 valence electrons. The van der Waals surface area contributed by atoms with Gasteiger partial charge in [-0.05, 0) is 61.3 Å². The molecule has 4 nitrogen and oxygen atoms in total. The molecule has 2 fully saturated rings. The fourth-order valence-electron chi connectivity index (χ4n) is 4.91.